The minimum absolute atomic E-state index is 0.0211. The van der Waals surface area contributed by atoms with Crippen LogP contribution in [0.15, 0.2) is 46.9 Å². The number of aryl methyl sites for hydroxylation is 2. The largest absolute Gasteiger partial charge is 0.466 e. The molecule has 0 spiro atoms. The lowest BCUT2D eigenvalue weighted by atomic mass is 9.93. The van der Waals surface area contributed by atoms with Gasteiger partial charge in [0.2, 0.25) is 0 Å². The predicted octanol–water partition coefficient (Wildman–Crippen LogP) is 3.92. The van der Waals surface area contributed by atoms with Crippen molar-refractivity contribution in [3.63, 3.8) is 0 Å². The van der Waals surface area contributed by atoms with E-state index in [0.29, 0.717) is 30.1 Å². The van der Waals surface area contributed by atoms with Crippen molar-refractivity contribution < 1.29 is 14.0 Å². The number of hydrogen-bond donors (Lipinski definition) is 1. The van der Waals surface area contributed by atoms with Crippen LogP contribution in [0.2, 0.25) is 0 Å². The Morgan fingerprint density at radius 1 is 1.13 bits per heavy atom. The number of hydrogen-bond acceptors (Lipinski definition) is 4. The van der Waals surface area contributed by atoms with Crippen molar-refractivity contribution in [1.82, 2.24) is 15.1 Å². The summed E-state index contributed by atoms with van der Waals surface area (Å²) in [5.41, 5.74) is 2.81. The van der Waals surface area contributed by atoms with Gasteiger partial charge in [0.1, 0.15) is 11.5 Å². The monoisotopic (exact) mass is 406 g/mol. The first-order chi connectivity index (χ1) is 14.4. The number of nitrogens with one attached hydrogen (secondary N) is 1. The van der Waals surface area contributed by atoms with Gasteiger partial charge in [0, 0.05) is 37.4 Å². The second kappa shape index (κ2) is 8.18. The number of anilines is 1. The maximum atomic E-state index is 12.8. The third-order valence-electron chi connectivity index (χ3n) is 5.76. The van der Waals surface area contributed by atoms with Gasteiger partial charge in [0.05, 0.1) is 5.56 Å². The zero-order valence-electron chi connectivity index (χ0n) is 17.5. The molecule has 0 radical (unpaired) electrons. The van der Waals surface area contributed by atoms with Gasteiger partial charge in [0.25, 0.3) is 11.8 Å². The summed E-state index contributed by atoms with van der Waals surface area (Å²) >= 11 is 0. The highest BCUT2D eigenvalue weighted by atomic mass is 16.3. The molecule has 4 rings (SSSR count). The summed E-state index contributed by atoms with van der Waals surface area (Å²) in [6, 6.07) is 13.1. The Hall–Kier alpha value is -3.35. The van der Waals surface area contributed by atoms with Gasteiger partial charge in [-0.1, -0.05) is 18.2 Å². The van der Waals surface area contributed by atoms with E-state index < -0.39 is 0 Å². The molecule has 1 N–H and O–H groups in total. The summed E-state index contributed by atoms with van der Waals surface area (Å²) in [4.78, 5) is 29.0. The molecule has 0 atom stereocenters. The van der Waals surface area contributed by atoms with E-state index in [1.807, 2.05) is 55.1 Å². The third-order valence-corrected chi connectivity index (χ3v) is 5.76. The van der Waals surface area contributed by atoms with Gasteiger partial charge in [-0.15, -0.1) is 0 Å². The zero-order valence-corrected chi connectivity index (χ0v) is 17.5. The standard InChI is InChI=1S/C23H26N4O3/c1-15-13-19(16(2)30-15)22(28)27-11-9-17(10-12-27)20-14-21(25-24-20)23(29)26(3)18-7-5-4-6-8-18/h4-8,13-14,17H,9-12H2,1-3H3,(H,24,25). The summed E-state index contributed by atoms with van der Waals surface area (Å²) in [7, 11) is 1.75. The maximum absolute atomic E-state index is 12.8. The van der Waals surface area contributed by atoms with E-state index in [0.717, 1.165) is 30.0 Å². The minimum Gasteiger partial charge on any atom is -0.466 e. The van der Waals surface area contributed by atoms with E-state index in [4.69, 9.17) is 4.42 Å². The van der Waals surface area contributed by atoms with Crippen LogP contribution in [0.3, 0.4) is 0 Å². The molecule has 0 unspecified atom stereocenters. The average Bonchev–Trinajstić information content (AvgIpc) is 3.39. The summed E-state index contributed by atoms with van der Waals surface area (Å²) in [6.07, 6.45) is 1.65. The summed E-state index contributed by atoms with van der Waals surface area (Å²) in [6.45, 7) is 5.00. The first-order valence-corrected chi connectivity index (χ1v) is 10.2. The minimum atomic E-state index is -0.151. The fourth-order valence-electron chi connectivity index (χ4n) is 4.00. The molecule has 0 saturated carbocycles. The smallest absolute Gasteiger partial charge is 0.278 e. The number of amides is 2. The van der Waals surface area contributed by atoms with E-state index in [1.165, 1.54) is 0 Å². The molecule has 1 saturated heterocycles. The molecule has 7 nitrogen and oxygen atoms in total. The Kier molecular flexibility index (Phi) is 5.44. The molecule has 1 aromatic carbocycles. The Balaban J connectivity index is 1.39. The van der Waals surface area contributed by atoms with E-state index in [1.54, 1.807) is 18.0 Å². The van der Waals surface area contributed by atoms with Gasteiger partial charge in [0.15, 0.2) is 5.69 Å². The lowest BCUT2D eigenvalue weighted by Gasteiger charge is -2.31. The number of H-pyrrole nitrogens is 1. The zero-order chi connectivity index (χ0) is 21.3. The van der Waals surface area contributed by atoms with Crippen molar-refractivity contribution in [2.24, 2.45) is 0 Å². The van der Waals surface area contributed by atoms with Crippen LogP contribution in [-0.2, 0) is 0 Å². The molecule has 1 aliphatic heterocycles. The van der Waals surface area contributed by atoms with Gasteiger partial charge in [-0.05, 0) is 51.0 Å². The number of carbonyl (C=O) groups is 2. The van der Waals surface area contributed by atoms with Gasteiger partial charge in [-0.2, -0.15) is 5.10 Å². The van der Waals surface area contributed by atoms with Crippen molar-refractivity contribution in [3.05, 3.63) is 70.9 Å². The van der Waals surface area contributed by atoms with Crippen LogP contribution in [-0.4, -0.2) is 47.0 Å². The highest BCUT2D eigenvalue weighted by molar-refractivity contribution is 6.04. The van der Waals surface area contributed by atoms with Crippen LogP contribution >= 0.6 is 0 Å². The molecular weight excluding hydrogens is 380 g/mol. The average molecular weight is 406 g/mol. The number of furan rings is 1. The third kappa shape index (κ3) is 3.87. The molecule has 156 valence electrons. The Morgan fingerprint density at radius 2 is 1.83 bits per heavy atom. The summed E-state index contributed by atoms with van der Waals surface area (Å²) in [5, 5.41) is 7.28. The van der Waals surface area contributed by atoms with Crippen LogP contribution < -0.4 is 4.90 Å². The first-order valence-electron chi connectivity index (χ1n) is 10.2. The highest BCUT2D eigenvalue weighted by Crippen LogP contribution is 2.29. The number of carbonyl (C=O) groups excluding carboxylic acids is 2. The fourth-order valence-corrected chi connectivity index (χ4v) is 4.00. The summed E-state index contributed by atoms with van der Waals surface area (Å²) < 4.78 is 5.50. The van der Waals surface area contributed by atoms with E-state index in [-0.39, 0.29) is 17.7 Å². The van der Waals surface area contributed by atoms with E-state index in [9.17, 15) is 9.59 Å². The van der Waals surface area contributed by atoms with Crippen molar-refractivity contribution in [3.8, 4) is 0 Å². The van der Waals surface area contributed by atoms with Crippen molar-refractivity contribution in [2.75, 3.05) is 25.0 Å². The molecule has 0 aliphatic carbocycles. The number of nitrogens with zero attached hydrogens (tertiary/aromatic N) is 3. The lowest BCUT2D eigenvalue weighted by Crippen LogP contribution is -2.38. The van der Waals surface area contributed by atoms with E-state index >= 15 is 0 Å². The molecule has 1 fully saturated rings. The number of para-hydroxylation sites is 1. The number of benzene rings is 1. The van der Waals surface area contributed by atoms with Crippen LogP contribution in [0.5, 0.6) is 0 Å². The normalized spacial score (nSPS) is 14.7. The Morgan fingerprint density at radius 3 is 2.47 bits per heavy atom. The molecule has 2 aromatic heterocycles. The van der Waals surface area contributed by atoms with E-state index in [2.05, 4.69) is 10.2 Å². The molecular formula is C23H26N4O3. The van der Waals surface area contributed by atoms with Crippen molar-refractivity contribution in [2.45, 2.75) is 32.6 Å². The molecule has 1 aliphatic rings. The molecule has 0 bridgehead atoms. The number of aromatic nitrogens is 2. The topological polar surface area (TPSA) is 82.4 Å². The van der Waals surface area contributed by atoms with Crippen LogP contribution in [0.25, 0.3) is 0 Å². The predicted molar refractivity (Wildman–Crippen MR) is 114 cm³/mol. The van der Waals surface area contributed by atoms with Gasteiger partial charge in [-0.25, -0.2) is 0 Å². The number of likely N-dealkylation sites (tertiary alicyclic amines) is 1. The molecule has 7 heteroatoms. The van der Waals surface area contributed by atoms with Crippen LogP contribution in [0.4, 0.5) is 5.69 Å². The Bertz CT molecular complexity index is 1050. The molecule has 30 heavy (non-hydrogen) atoms. The second-order valence-corrected chi connectivity index (χ2v) is 7.80. The summed E-state index contributed by atoms with van der Waals surface area (Å²) in [5.74, 6) is 1.53. The van der Waals surface area contributed by atoms with Crippen molar-refractivity contribution in [1.29, 1.82) is 0 Å². The molecule has 3 heterocycles. The van der Waals surface area contributed by atoms with Gasteiger partial charge >= 0.3 is 0 Å². The highest BCUT2D eigenvalue weighted by Gasteiger charge is 2.28. The van der Waals surface area contributed by atoms with Crippen LogP contribution in [0, 0.1) is 13.8 Å². The van der Waals surface area contributed by atoms with Crippen LogP contribution in [0.1, 0.15) is 56.8 Å². The Labute approximate surface area is 175 Å². The second-order valence-electron chi connectivity index (χ2n) is 7.80. The van der Waals surface area contributed by atoms with Gasteiger partial charge < -0.3 is 14.2 Å². The number of rotatable bonds is 4. The lowest BCUT2D eigenvalue weighted by molar-refractivity contribution is 0.0710. The number of piperidine rings is 1. The fraction of sp³-hybridized carbons (Fsp3) is 0.348. The van der Waals surface area contributed by atoms with Gasteiger partial charge in [-0.3, -0.25) is 14.7 Å². The quantitative estimate of drug-likeness (QED) is 0.712. The van der Waals surface area contributed by atoms with Crippen molar-refractivity contribution >= 4 is 17.5 Å². The molecule has 2 amide bonds. The number of aromatic amines is 1. The maximum Gasteiger partial charge on any atom is 0.278 e. The SMILES string of the molecule is Cc1cc(C(=O)N2CCC(c3cc(C(=O)N(C)c4ccccc4)n[nH]3)CC2)c(C)o1. The molecule has 3 aromatic rings. The first kappa shape index (κ1) is 19.9.